The molecule has 36 heavy (non-hydrogen) atoms. The number of amides is 3. The molecular weight excluding hydrogens is 461 g/mol. The fourth-order valence-corrected chi connectivity index (χ4v) is 4.40. The molecule has 0 saturated carbocycles. The molecule has 2 aliphatic rings. The third kappa shape index (κ3) is 4.79. The summed E-state index contributed by atoms with van der Waals surface area (Å²) in [7, 11) is 1.60. The van der Waals surface area contributed by atoms with Gasteiger partial charge in [0.2, 0.25) is 5.91 Å². The Hall–Kier alpha value is -4.20. The molecule has 3 amide bonds. The molecule has 0 aliphatic carbocycles. The molecule has 186 valence electrons. The van der Waals surface area contributed by atoms with Crippen LogP contribution in [0, 0.1) is 5.82 Å². The number of nitrogens with zero attached hydrogens (tertiary/aromatic N) is 2. The predicted molar refractivity (Wildman–Crippen MR) is 136 cm³/mol. The van der Waals surface area contributed by atoms with E-state index in [4.69, 9.17) is 4.74 Å². The standard InChI is InChI=1S/C26H22FN3O4.C2H6/c1-34-20-8-5-16(6-9-20)17-7-10-22-21(14-17)26(33)30-12-11-29(15-23(30)24(31)28-22)25(32)18-3-2-4-19(27)13-18;1-2/h2-10,13-14,23H,11-12,15H2,1H3,(H,28,31);1-2H3. The molecule has 7 nitrogen and oxygen atoms in total. The molecular formula is C28H28FN3O4. The maximum Gasteiger partial charge on any atom is 0.256 e. The fraction of sp³-hybridized carbons (Fsp3) is 0.250. The van der Waals surface area contributed by atoms with Gasteiger partial charge in [0, 0.05) is 18.7 Å². The highest BCUT2D eigenvalue weighted by Crippen LogP contribution is 2.31. The van der Waals surface area contributed by atoms with Crippen LogP contribution in [0.25, 0.3) is 11.1 Å². The molecule has 1 saturated heterocycles. The summed E-state index contributed by atoms with van der Waals surface area (Å²) in [5, 5.41) is 2.84. The van der Waals surface area contributed by atoms with Gasteiger partial charge in [-0.3, -0.25) is 14.4 Å². The zero-order valence-corrected chi connectivity index (χ0v) is 20.5. The van der Waals surface area contributed by atoms with Gasteiger partial charge in [0.05, 0.1) is 24.9 Å². The van der Waals surface area contributed by atoms with Gasteiger partial charge in [-0.25, -0.2) is 4.39 Å². The molecule has 0 aromatic heterocycles. The van der Waals surface area contributed by atoms with Crippen LogP contribution in [0.2, 0.25) is 0 Å². The Balaban J connectivity index is 0.00000148. The van der Waals surface area contributed by atoms with Crippen molar-refractivity contribution in [3.05, 3.63) is 83.7 Å². The van der Waals surface area contributed by atoms with Crippen LogP contribution in [0.1, 0.15) is 34.6 Å². The zero-order chi connectivity index (χ0) is 25.8. The van der Waals surface area contributed by atoms with E-state index >= 15 is 0 Å². The summed E-state index contributed by atoms with van der Waals surface area (Å²) in [6, 6.07) is 17.4. The van der Waals surface area contributed by atoms with Gasteiger partial charge in [-0.1, -0.05) is 38.1 Å². The monoisotopic (exact) mass is 489 g/mol. The van der Waals surface area contributed by atoms with Crippen molar-refractivity contribution in [2.75, 3.05) is 32.1 Å². The maximum absolute atomic E-state index is 13.6. The Kier molecular flexibility index (Phi) is 7.33. The number of hydrogen-bond acceptors (Lipinski definition) is 4. The van der Waals surface area contributed by atoms with E-state index in [2.05, 4.69) is 5.32 Å². The SMILES string of the molecule is CC.COc1ccc(-c2ccc3c(c2)C(=O)N2CCN(C(=O)c4cccc(F)c4)CC2C(=O)N3)cc1. The zero-order valence-electron chi connectivity index (χ0n) is 20.5. The third-order valence-corrected chi connectivity index (χ3v) is 6.23. The van der Waals surface area contributed by atoms with Gasteiger partial charge in [-0.15, -0.1) is 0 Å². The average molecular weight is 490 g/mol. The number of hydrogen-bond donors (Lipinski definition) is 1. The summed E-state index contributed by atoms with van der Waals surface area (Å²) in [4.78, 5) is 42.4. The number of anilines is 1. The topological polar surface area (TPSA) is 79.0 Å². The maximum atomic E-state index is 13.6. The number of rotatable bonds is 3. The molecule has 0 spiro atoms. The number of benzene rings is 3. The van der Waals surface area contributed by atoms with Crippen molar-refractivity contribution in [3.63, 3.8) is 0 Å². The van der Waals surface area contributed by atoms with Gasteiger partial charge >= 0.3 is 0 Å². The summed E-state index contributed by atoms with van der Waals surface area (Å²) < 4.78 is 18.8. The molecule has 2 aliphatic heterocycles. The lowest BCUT2D eigenvalue weighted by molar-refractivity contribution is -0.121. The van der Waals surface area contributed by atoms with Crippen molar-refractivity contribution in [2.45, 2.75) is 19.9 Å². The quantitative estimate of drug-likeness (QED) is 0.590. The predicted octanol–water partition coefficient (Wildman–Crippen LogP) is 4.45. The first-order valence-electron chi connectivity index (χ1n) is 11.9. The van der Waals surface area contributed by atoms with Crippen LogP contribution in [-0.2, 0) is 4.79 Å². The van der Waals surface area contributed by atoms with Crippen molar-refractivity contribution in [1.82, 2.24) is 9.80 Å². The molecule has 1 fully saturated rings. The van der Waals surface area contributed by atoms with Crippen LogP contribution in [0.3, 0.4) is 0 Å². The molecule has 3 aromatic carbocycles. The van der Waals surface area contributed by atoms with E-state index < -0.39 is 11.9 Å². The second-order valence-corrected chi connectivity index (χ2v) is 8.25. The van der Waals surface area contributed by atoms with Gasteiger partial charge in [0.25, 0.3) is 11.8 Å². The normalized spacial score (nSPS) is 16.6. The summed E-state index contributed by atoms with van der Waals surface area (Å²) >= 11 is 0. The lowest BCUT2D eigenvalue weighted by Crippen LogP contribution is -2.59. The van der Waals surface area contributed by atoms with E-state index in [1.165, 1.54) is 34.1 Å². The Labute approximate surface area is 209 Å². The van der Waals surface area contributed by atoms with Crippen molar-refractivity contribution in [2.24, 2.45) is 0 Å². The van der Waals surface area contributed by atoms with Gasteiger partial charge in [-0.05, 0) is 53.6 Å². The van der Waals surface area contributed by atoms with Crippen molar-refractivity contribution >= 4 is 23.4 Å². The van der Waals surface area contributed by atoms with Crippen molar-refractivity contribution < 1.29 is 23.5 Å². The molecule has 3 aromatic rings. The first-order valence-corrected chi connectivity index (χ1v) is 11.9. The highest BCUT2D eigenvalue weighted by atomic mass is 19.1. The van der Waals surface area contributed by atoms with Crippen LogP contribution in [0.5, 0.6) is 5.75 Å². The Morgan fingerprint density at radius 3 is 2.39 bits per heavy atom. The van der Waals surface area contributed by atoms with Gasteiger partial charge in [0.1, 0.15) is 17.6 Å². The van der Waals surface area contributed by atoms with Gasteiger partial charge in [0.15, 0.2) is 0 Å². The van der Waals surface area contributed by atoms with Gasteiger partial charge < -0.3 is 19.9 Å². The van der Waals surface area contributed by atoms with Gasteiger partial charge in [-0.2, -0.15) is 0 Å². The summed E-state index contributed by atoms with van der Waals surface area (Å²) in [5.74, 6) is -0.777. The highest BCUT2D eigenvalue weighted by molar-refractivity contribution is 6.11. The summed E-state index contributed by atoms with van der Waals surface area (Å²) in [6.07, 6.45) is 0. The van der Waals surface area contributed by atoms with E-state index in [0.29, 0.717) is 11.3 Å². The van der Waals surface area contributed by atoms with Crippen molar-refractivity contribution in [1.29, 1.82) is 0 Å². The Morgan fingerprint density at radius 1 is 0.972 bits per heavy atom. The number of methoxy groups -OCH3 is 1. The minimum atomic E-state index is -0.837. The molecule has 1 N–H and O–H groups in total. The fourth-order valence-electron chi connectivity index (χ4n) is 4.40. The van der Waals surface area contributed by atoms with Crippen molar-refractivity contribution in [3.8, 4) is 16.9 Å². The molecule has 0 bridgehead atoms. The summed E-state index contributed by atoms with van der Waals surface area (Å²) in [6.45, 7) is 4.48. The molecule has 5 rings (SSSR count). The molecule has 1 unspecified atom stereocenters. The molecule has 1 atom stereocenters. The number of piperazine rings is 1. The lowest BCUT2D eigenvalue weighted by atomic mass is 10.0. The number of carbonyl (C=O) groups excluding carboxylic acids is 3. The average Bonchev–Trinajstić information content (AvgIpc) is 3.03. The van der Waals surface area contributed by atoms with Crippen LogP contribution in [0.15, 0.2) is 66.7 Å². The lowest BCUT2D eigenvalue weighted by Gasteiger charge is -2.39. The van der Waals surface area contributed by atoms with Crippen LogP contribution in [-0.4, -0.2) is 60.3 Å². The third-order valence-electron chi connectivity index (χ3n) is 6.23. The van der Waals surface area contributed by atoms with Crippen LogP contribution >= 0.6 is 0 Å². The largest absolute Gasteiger partial charge is 0.497 e. The molecule has 2 heterocycles. The van der Waals surface area contributed by atoms with E-state index in [1.54, 1.807) is 19.2 Å². The first-order chi connectivity index (χ1) is 17.4. The minimum Gasteiger partial charge on any atom is -0.497 e. The van der Waals surface area contributed by atoms with Crippen LogP contribution in [0.4, 0.5) is 10.1 Å². The number of fused-ring (bicyclic) bond motifs is 2. The number of ether oxygens (including phenoxy) is 1. The second kappa shape index (κ2) is 10.6. The van der Waals surface area contributed by atoms with E-state index in [9.17, 15) is 18.8 Å². The second-order valence-electron chi connectivity index (χ2n) is 8.25. The van der Waals surface area contributed by atoms with E-state index in [-0.39, 0.29) is 42.9 Å². The van der Waals surface area contributed by atoms with Crippen LogP contribution < -0.4 is 10.1 Å². The molecule has 8 heteroatoms. The van der Waals surface area contributed by atoms with E-state index in [1.807, 2.05) is 44.2 Å². The Morgan fingerprint density at radius 2 is 1.69 bits per heavy atom. The molecule has 0 radical (unpaired) electrons. The minimum absolute atomic E-state index is 0.0340. The van der Waals surface area contributed by atoms with E-state index in [0.717, 1.165) is 16.9 Å². The Bertz CT molecular complexity index is 1290. The number of nitrogens with one attached hydrogen (secondary N) is 1. The smallest absolute Gasteiger partial charge is 0.256 e. The highest BCUT2D eigenvalue weighted by Gasteiger charge is 2.40. The number of halogens is 1. The summed E-state index contributed by atoms with van der Waals surface area (Å²) in [5.41, 5.74) is 2.79. The number of carbonyl (C=O) groups is 3. The first kappa shape index (κ1) is 24.9.